The Hall–Kier alpha value is -0.720. The van der Waals surface area contributed by atoms with Crippen molar-refractivity contribution in [1.29, 1.82) is 0 Å². The molecule has 3 saturated heterocycles. The summed E-state index contributed by atoms with van der Waals surface area (Å²) in [4.78, 5) is 15.6. The van der Waals surface area contributed by atoms with Gasteiger partial charge in [0, 0.05) is 31.8 Å². The summed E-state index contributed by atoms with van der Waals surface area (Å²) in [5.41, 5.74) is 5.19. The first kappa shape index (κ1) is 14.2. The number of rotatable bonds is 3. The van der Waals surface area contributed by atoms with Crippen LogP contribution in [0.2, 0.25) is 0 Å². The van der Waals surface area contributed by atoms with Crippen LogP contribution < -0.4 is 11.1 Å². The fourth-order valence-electron chi connectivity index (χ4n) is 3.86. The molecule has 20 heavy (non-hydrogen) atoms. The fourth-order valence-corrected chi connectivity index (χ4v) is 4.16. The van der Waals surface area contributed by atoms with Gasteiger partial charge in [-0.2, -0.15) is 0 Å². The second-order valence-corrected chi connectivity index (χ2v) is 6.61. The van der Waals surface area contributed by atoms with E-state index in [-0.39, 0.29) is 11.9 Å². The molecule has 0 aromatic carbocycles. The minimum Gasteiger partial charge on any atom is -0.392 e. The molecule has 6 heteroatoms. The van der Waals surface area contributed by atoms with E-state index in [0.29, 0.717) is 37.1 Å². The Balaban J connectivity index is 1.69. The minimum atomic E-state index is -0.695. The lowest BCUT2D eigenvalue weighted by molar-refractivity contribution is -0.132. The van der Waals surface area contributed by atoms with Crippen LogP contribution in [0, 0.1) is 5.41 Å². The number of carbonyl (C=O) groups is 1. The molecule has 0 spiro atoms. The van der Waals surface area contributed by atoms with Crippen molar-refractivity contribution in [2.45, 2.75) is 44.2 Å². The monoisotopic (exact) mass is 297 g/mol. The van der Waals surface area contributed by atoms with Crippen molar-refractivity contribution in [1.82, 2.24) is 10.2 Å². The van der Waals surface area contributed by atoms with Crippen LogP contribution in [-0.4, -0.2) is 54.2 Å². The number of hydrogen-bond donors (Lipinski definition) is 2. The smallest absolute Gasteiger partial charge is 0.233 e. The summed E-state index contributed by atoms with van der Waals surface area (Å²) >= 11 is 5.19. The zero-order valence-corrected chi connectivity index (χ0v) is 12.6. The van der Waals surface area contributed by atoms with E-state index in [9.17, 15) is 4.79 Å². The van der Waals surface area contributed by atoms with Crippen LogP contribution in [0.3, 0.4) is 0 Å². The van der Waals surface area contributed by atoms with Crippen molar-refractivity contribution in [3.8, 4) is 0 Å². The van der Waals surface area contributed by atoms with Crippen molar-refractivity contribution in [3.05, 3.63) is 0 Å². The molecule has 112 valence electrons. The Bertz CT molecular complexity index is 409. The molecule has 3 heterocycles. The lowest BCUT2D eigenvalue weighted by Gasteiger charge is -2.36. The number of fused-ring (bicyclic) bond motifs is 1. The molecule has 0 aromatic rings. The number of ether oxygens (including phenoxy) is 1. The van der Waals surface area contributed by atoms with Gasteiger partial charge in [-0.25, -0.2) is 0 Å². The van der Waals surface area contributed by atoms with Gasteiger partial charge in [0.15, 0.2) is 0 Å². The third-order valence-corrected chi connectivity index (χ3v) is 5.57. The first-order valence-corrected chi connectivity index (χ1v) is 7.97. The maximum absolute atomic E-state index is 12.8. The molecular formula is C14H23N3O2S. The summed E-state index contributed by atoms with van der Waals surface area (Å²) in [5.74, 6) is 0.0204. The van der Waals surface area contributed by atoms with Gasteiger partial charge in [0.25, 0.3) is 0 Å². The molecule has 3 rings (SSSR count). The highest BCUT2D eigenvalue weighted by atomic mass is 32.1. The Morgan fingerprint density at radius 1 is 1.30 bits per heavy atom. The third kappa shape index (κ3) is 2.34. The zero-order chi connectivity index (χ0) is 14.2. The maximum atomic E-state index is 12.8. The van der Waals surface area contributed by atoms with Gasteiger partial charge in [0.2, 0.25) is 5.91 Å². The normalized spacial score (nSPS) is 32.8. The molecule has 0 saturated carbocycles. The van der Waals surface area contributed by atoms with Crippen LogP contribution in [0.4, 0.5) is 0 Å². The molecule has 0 aliphatic carbocycles. The van der Waals surface area contributed by atoms with E-state index < -0.39 is 5.41 Å². The SMILES string of the molecule is NC(=S)C1(C(=O)NC2CCN3CCCC23)CCOCC1. The number of thiocarbonyl (C=S) groups is 1. The molecule has 3 fully saturated rings. The van der Waals surface area contributed by atoms with E-state index in [1.807, 2.05) is 0 Å². The molecule has 3 N–H and O–H groups in total. The Kier molecular flexibility index (Phi) is 3.97. The lowest BCUT2D eigenvalue weighted by Crippen LogP contribution is -2.55. The van der Waals surface area contributed by atoms with Crippen molar-refractivity contribution < 1.29 is 9.53 Å². The van der Waals surface area contributed by atoms with Crippen LogP contribution in [0.1, 0.15) is 32.1 Å². The van der Waals surface area contributed by atoms with Gasteiger partial charge in [-0.15, -0.1) is 0 Å². The molecule has 2 atom stereocenters. The highest BCUT2D eigenvalue weighted by molar-refractivity contribution is 7.80. The number of nitrogens with two attached hydrogens (primary N) is 1. The van der Waals surface area contributed by atoms with Crippen LogP contribution in [0.15, 0.2) is 0 Å². The van der Waals surface area contributed by atoms with Gasteiger partial charge in [0.05, 0.1) is 4.99 Å². The average molecular weight is 297 g/mol. The number of nitrogens with zero attached hydrogens (tertiary/aromatic N) is 1. The van der Waals surface area contributed by atoms with Gasteiger partial charge >= 0.3 is 0 Å². The quantitative estimate of drug-likeness (QED) is 0.739. The summed E-state index contributed by atoms with van der Waals surface area (Å²) < 4.78 is 5.36. The fraction of sp³-hybridized carbons (Fsp3) is 0.857. The van der Waals surface area contributed by atoms with Crippen LogP contribution in [0.25, 0.3) is 0 Å². The molecular weight excluding hydrogens is 274 g/mol. The Morgan fingerprint density at radius 2 is 2.05 bits per heavy atom. The highest BCUT2D eigenvalue weighted by Crippen LogP contribution is 2.33. The molecule has 2 unspecified atom stereocenters. The second-order valence-electron chi connectivity index (χ2n) is 6.17. The molecule has 5 nitrogen and oxygen atoms in total. The van der Waals surface area contributed by atoms with Crippen LogP contribution in [-0.2, 0) is 9.53 Å². The van der Waals surface area contributed by atoms with Gasteiger partial charge in [-0.3, -0.25) is 9.69 Å². The summed E-state index contributed by atoms with van der Waals surface area (Å²) in [6.45, 7) is 3.39. The standard InChI is InChI=1S/C14H23N3O2S/c15-12(20)14(4-8-19-9-5-14)13(18)16-10-3-7-17-6-1-2-11(10)17/h10-11H,1-9H2,(H2,15,20)(H,16,18). The maximum Gasteiger partial charge on any atom is 0.233 e. The first-order chi connectivity index (χ1) is 9.63. The topological polar surface area (TPSA) is 67.6 Å². The van der Waals surface area contributed by atoms with Gasteiger partial charge in [-0.1, -0.05) is 12.2 Å². The summed E-state index contributed by atoms with van der Waals surface area (Å²) in [7, 11) is 0. The molecule has 3 aliphatic heterocycles. The molecule has 0 aromatic heterocycles. The molecule has 0 bridgehead atoms. The van der Waals surface area contributed by atoms with E-state index in [0.717, 1.165) is 13.0 Å². The van der Waals surface area contributed by atoms with Gasteiger partial charge < -0.3 is 15.8 Å². The first-order valence-electron chi connectivity index (χ1n) is 7.56. The average Bonchev–Trinajstić information content (AvgIpc) is 3.04. The predicted octanol–water partition coefficient (Wildman–Crippen LogP) is 0.422. The largest absolute Gasteiger partial charge is 0.392 e. The van der Waals surface area contributed by atoms with Crippen LogP contribution >= 0.6 is 12.2 Å². The van der Waals surface area contributed by atoms with E-state index in [1.54, 1.807) is 0 Å². The minimum absolute atomic E-state index is 0.0204. The summed E-state index contributed by atoms with van der Waals surface area (Å²) in [5, 5.41) is 3.24. The number of hydrogen-bond acceptors (Lipinski definition) is 4. The summed E-state index contributed by atoms with van der Waals surface area (Å²) in [6, 6.07) is 0.779. The van der Waals surface area contributed by atoms with Crippen molar-refractivity contribution in [3.63, 3.8) is 0 Å². The van der Waals surface area contributed by atoms with E-state index in [4.69, 9.17) is 22.7 Å². The highest BCUT2D eigenvalue weighted by Gasteiger charge is 2.46. The van der Waals surface area contributed by atoms with Gasteiger partial charge in [0.1, 0.15) is 5.41 Å². The Morgan fingerprint density at radius 3 is 2.75 bits per heavy atom. The summed E-state index contributed by atoms with van der Waals surface area (Å²) in [6.07, 6.45) is 4.68. The van der Waals surface area contributed by atoms with E-state index >= 15 is 0 Å². The number of nitrogens with one attached hydrogen (secondary N) is 1. The second kappa shape index (κ2) is 5.58. The van der Waals surface area contributed by atoms with E-state index in [1.165, 1.54) is 19.4 Å². The van der Waals surface area contributed by atoms with Crippen LogP contribution in [0.5, 0.6) is 0 Å². The zero-order valence-electron chi connectivity index (χ0n) is 11.8. The molecule has 0 radical (unpaired) electrons. The van der Waals surface area contributed by atoms with E-state index in [2.05, 4.69) is 10.2 Å². The number of carbonyl (C=O) groups excluding carboxylic acids is 1. The van der Waals surface area contributed by atoms with Crippen molar-refractivity contribution in [2.75, 3.05) is 26.3 Å². The van der Waals surface area contributed by atoms with Gasteiger partial charge in [-0.05, 0) is 38.6 Å². The number of amides is 1. The third-order valence-electron chi connectivity index (χ3n) is 5.18. The Labute approximate surface area is 125 Å². The van der Waals surface area contributed by atoms with Crippen molar-refractivity contribution >= 4 is 23.1 Å². The van der Waals surface area contributed by atoms with Crippen molar-refractivity contribution in [2.24, 2.45) is 11.1 Å². The molecule has 1 amide bonds. The molecule has 3 aliphatic rings. The lowest BCUT2D eigenvalue weighted by atomic mass is 9.79. The predicted molar refractivity (Wildman–Crippen MR) is 80.4 cm³/mol.